The van der Waals surface area contributed by atoms with E-state index >= 15 is 0 Å². The molecule has 0 aliphatic heterocycles. The van der Waals surface area contributed by atoms with Crippen molar-refractivity contribution in [3.05, 3.63) is 36.2 Å². The first-order valence-corrected chi connectivity index (χ1v) is 5.39. The van der Waals surface area contributed by atoms with Crippen molar-refractivity contribution in [3.8, 4) is 5.69 Å². The molecule has 2 aromatic rings. The Morgan fingerprint density at radius 1 is 1.10 bits per heavy atom. The molecule has 0 atom stereocenters. The zero-order valence-corrected chi connectivity index (χ0v) is 10.1. The highest BCUT2D eigenvalue weighted by Crippen LogP contribution is 2.13. The molecule has 1 heterocycles. The highest BCUT2D eigenvalue weighted by molar-refractivity contribution is 5.96. The average Bonchev–Trinajstić information content (AvgIpc) is 2.97. The number of amides is 2. The van der Waals surface area contributed by atoms with Gasteiger partial charge >= 0.3 is 12.1 Å². The molecule has 0 bridgehead atoms. The number of aromatic nitrogens is 4. The summed E-state index contributed by atoms with van der Waals surface area (Å²) in [5.74, 6) is -3.16. The number of nitrogens with zero attached hydrogens (tertiary/aromatic N) is 4. The van der Waals surface area contributed by atoms with Crippen molar-refractivity contribution in [1.82, 2.24) is 31.1 Å². The van der Waals surface area contributed by atoms with Crippen LogP contribution in [0.5, 0.6) is 0 Å². The summed E-state index contributed by atoms with van der Waals surface area (Å²) in [6.07, 6.45) is -3.74. The van der Waals surface area contributed by atoms with E-state index < -0.39 is 18.0 Å². The third-order valence-electron chi connectivity index (χ3n) is 2.29. The molecule has 21 heavy (non-hydrogen) atoms. The minimum Gasteiger partial charge on any atom is -0.267 e. The molecular weight excluding hydrogens is 293 g/mol. The van der Waals surface area contributed by atoms with E-state index in [1.54, 1.807) is 5.43 Å². The number of carbonyl (C=O) groups excluding carboxylic acids is 2. The van der Waals surface area contributed by atoms with E-state index in [9.17, 15) is 22.8 Å². The van der Waals surface area contributed by atoms with Gasteiger partial charge in [0, 0.05) is 5.56 Å². The molecule has 0 aliphatic rings. The summed E-state index contributed by atoms with van der Waals surface area (Å²) in [6, 6.07) is 5.64. The Morgan fingerprint density at radius 3 is 2.29 bits per heavy atom. The lowest BCUT2D eigenvalue weighted by Crippen LogP contribution is -2.47. The van der Waals surface area contributed by atoms with Crippen molar-refractivity contribution < 1.29 is 22.8 Å². The van der Waals surface area contributed by atoms with Crippen molar-refractivity contribution in [2.24, 2.45) is 0 Å². The Kier molecular flexibility index (Phi) is 3.82. The van der Waals surface area contributed by atoms with Crippen LogP contribution >= 0.6 is 0 Å². The maximum atomic E-state index is 11.9. The molecule has 0 aliphatic carbocycles. The van der Waals surface area contributed by atoms with Crippen molar-refractivity contribution in [2.45, 2.75) is 6.18 Å². The Balaban J connectivity index is 1.99. The Hall–Kier alpha value is -2.98. The lowest BCUT2D eigenvalue weighted by Gasteiger charge is -2.09. The van der Waals surface area contributed by atoms with Crippen LogP contribution in [0.25, 0.3) is 5.69 Å². The number of benzene rings is 1. The van der Waals surface area contributed by atoms with Crippen LogP contribution in [-0.2, 0) is 4.79 Å². The summed E-state index contributed by atoms with van der Waals surface area (Å²) in [6.45, 7) is 0. The number of hydrazine groups is 1. The highest BCUT2D eigenvalue weighted by Gasteiger charge is 2.38. The third-order valence-corrected chi connectivity index (χ3v) is 2.29. The van der Waals surface area contributed by atoms with Crippen molar-refractivity contribution >= 4 is 11.8 Å². The van der Waals surface area contributed by atoms with Gasteiger partial charge in [0.05, 0.1) is 5.69 Å². The summed E-state index contributed by atoms with van der Waals surface area (Å²) in [5.41, 5.74) is 3.52. The molecule has 0 spiro atoms. The van der Waals surface area contributed by atoms with Crippen LogP contribution in [0.2, 0.25) is 0 Å². The second-order valence-electron chi connectivity index (χ2n) is 3.71. The van der Waals surface area contributed by atoms with E-state index in [1.165, 1.54) is 40.7 Å². The maximum absolute atomic E-state index is 11.9. The predicted octanol–water partition coefficient (Wildman–Crippen LogP) is -0.0144. The molecule has 8 nitrogen and oxygen atoms in total. The fraction of sp³-hybridized carbons (Fsp3) is 0.100. The fourth-order valence-corrected chi connectivity index (χ4v) is 1.30. The van der Waals surface area contributed by atoms with E-state index in [1.807, 2.05) is 0 Å². The molecular formula is C10H7F3N6O2. The zero-order valence-electron chi connectivity index (χ0n) is 10.1. The summed E-state index contributed by atoms with van der Waals surface area (Å²) in [4.78, 5) is 22.1. The first-order chi connectivity index (χ1) is 9.88. The van der Waals surface area contributed by atoms with Crippen LogP contribution in [0, 0.1) is 0 Å². The van der Waals surface area contributed by atoms with Gasteiger partial charge in [-0.1, -0.05) is 0 Å². The van der Waals surface area contributed by atoms with Crippen molar-refractivity contribution in [2.75, 3.05) is 0 Å². The van der Waals surface area contributed by atoms with Crippen LogP contribution in [0.15, 0.2) is 30.6 Å². The Labute approximate surface area is 114 Å². The molecule has 0 radical (unpaired) electrons. The average molecular weight is 300 g/mol. The lowest BCUT2D eigenvalue weighted by atomic mass is 10.2. The third kappa shape index (κ3) is 3.52. The highest BCUT2D eigenvalue weighted by atomic mass is 19.4. The Bertz CT molecular complexity index is 638. The van der Waals surface area contributed by atoms with Gasteiger partial charge < -0.3 is 0 Å². The van der Waals surface area contributed by atoms with E-state index in [2.05, 4.69) is 15.5 Å². The van der Waals surface area contributed by atoms with Crippen molar-refractivity contribution in [1.29, 1.82) is 0 Å². The minimum absolute atomic E-state index is 0.0503. The number of tetrazole rings is 1. The van der Waals surface area contributed by atoms with Crippen molar-refractivity contribution in [3.63, 3.8) is 0 Å². The molecule has 110 valence electrons. The van der Waals surface area contributed by atoms with Gasteiger partial charge in [-0.25, -0.2) is 4.68 Å². The van der Waals surface area contributed by atoms with Crippen LogP contribution in [0.3, 0.4) is 0 Å². The molecule has 1 aromatic carbocycles. The number of hydrogen-bond acceptors (Lipinski definition) is 5. The summed E-state index contributed by atoms with van der Waals surface area (Å²) in [7, 11) is 0. The first-order valence-electron chi connectivity index (χ1n) is 5.39. The van der Waals surface area contributed by atoms with E-state index in [-0.39, 0.29) is 5.56 Å². The van der Waals surface area contributed by atoms with Gasteiger partial charge in [0.2, 0.25) is 0 Å². The molecule has 0 unspecified atom stereocenters. The standard InChI is InChI=1S/C10H7F3N6O2/c11-10(12,13)9(21)16-15-8(20)6-1-3-7(4-2-6)19-5-14-17-18-19/h1-5H,(H,15,20)(H,16,21). The molecule has 0 fully saturated rings. The monoisotopic (exact) mass is 300 g/mol. The van der Waals surface area contributed by atoms with E-state index in [0.29, 0.717) is 5.69 Å². The molecule has 2 N–H and O–H groups in total. The van der Waals surface area contributed by atoms with Crippen LogP contribution < -0.4 is 10.9 Å². The van der Waals surface area contributed by atoms with Gasteiger partial charge in [0.25, 0.3) is 5.91 Å². The molecule has 0 saturated heterocycles. The number of carbonyl (C=O) groups is 2. The number of halogens is 3. The summed E-state index contributed by atoms with van der Waals surface area (Å²) < 4.78 is 37.1. The lowest BCUT2D eigenvalue weighted by molar-refractivity contribution is -0.174. The minimum atomic E-state index is -5.07. The Morgan fingerprint density at radius 2 is 1.76 bits per heavy atom. The second-order valence-corrected chi connectivity index (χ2v) is 3.71. The van der Waals surface area contributed by atoms with Gasteiger partial charge in [-0.05, 0) is 34.7 Å². The van der Waals surface area contributed by atoms with Gasteiger partial charge in [-0.15, -0.1) is 5.10 Å². The van der Waals surface area contributed by atoms with E-state index in [4.69, 9.17) is 0 Å². The molecule has 2 rings (SSSR count). The van der Waals surface area contributed by atoms with E-state index in [0.717, 1.165) is 0 Å². The predicted molar refractivity (Wildman–Crippen MR) is 60.8 cm³/mol. The number of rotatable bonds is 2. The second kappa shape index (κ2) is 5.56. The van der Waals surface area contributed by atoms with Gasteiger partial charge in [-0.2, -0.15) is 13.2 Å². The maximum Gasteiger partial charge on any atom is 0.472 e. The molecule has 1 aromatic heterocycles. The summed E-state index contributed by atoms with van der Waals surface area (Å²) in [5, 5.41) is 10.5. The quantitative estimate of drug-likeness (QED) is 0.759. The number of hydrogen-bond donors (Lipinski definition) is 2. The van der Waals surface area contributed by atoms with Gasteiger partial charge in [0.15, 0.2) is 0 Å². The first kappa shape index (κ1) is 14.4. The van der Waals surface area contributed by atoms with Crippen LogP contribution in [0.1, 0.15) is 10.4 Å². The number of alkyl halides is 3. The topological polar surface area (TPSA) is 102 Å². The summed E-state index contributed by atoms with van der Waals surface area (Å²) >= 11 is 0. The van der Waals surface area contributed by atoms with Crippen LogP contribution in [-0.4, -0.2) is 38.2 Å². The van der Waals surface area contributed by atoms with Gasteiger partial charge in [0.1, 0.15) is 6.33 Å². The zero-order chi connectivity index (χ0) is 15.5. The number of nitrogens with one attached hydrogen (secondary N) is 2. The largest absolute Gasteiger partial charge is 0.472 e. The fourth-order valence-electron chi connectivity index (χ4n) is 1.30. The smallest absolute Gasteiger partial charge is 0.267 e. The van der Waals surface area contributed by atoms with Gasteiger partial charge in [-0.3, -0.25) is 20.4 Å². The van der Waals surface area contributed by atoms with Crippen LogP contribution in [0.4, 0.5) is 13.2 Å². The molecule has 0 saturated carbocycles. The SMILES string of the molecule is O=C(NNC(=O)C(F)(F)F)c1ccc(-n2cnnn2)cc1. The molecule has 11 heteroatoms. The normalized spacial score (nSPS) is 11.0. The molecule has 2 amide bonds.